The number of imidazole rings is 1. The molecule has 2 N–H and O–H groups in total. The fraction of sp³-hybridized carbons (Fsp3) is 0.727. The Labute approximate surface area is 90.3 Å². The molecule has 0 saturated heterocycles. The summed E-state index contributed by atoms with van der Waals surface area (Å²) in [4.78, 5) is 4.17. The van der Waals surface area contributed by atoms with Gasteiger partial charge in [0.05, 0.1) is 18.6 Å². The molecule has 1 fully saturated rings. The predicted molar refractivity (Wildman–Crippen MR) is 58.5 cm³/mol. The Kier molecular flexibility index (Phi) is 3.38. The van der Waals surface area contributed by atoms with Crippen LogP contribution < -0.4 is 5.32 Å². The maximum absolute atomic E-state index is 9.06. The van der Waals surface area contributed by atoms with Gasteiger partial charge in [0, 0.05) is 24.8 Å². The Balaban J connectivity index is 1.89. The van der Waals surface area contributed by atoms with E-state index in [9.17, 15) is 0 Å². The fourth-order valence-electron chi connectivity index (χ4n) is 1.74. The van der Waals surface area contributed by atoms with Crippen LogP contribution >= 0.6 is 0 Å². The minimum atomic E-state index is 0.201. The molecule has 1 aromatic heterocycles. The smallest absolute Gasteiger partial charge is 0.0951 e. The van der Waals surface area contributed by atoms with E-state index in [0.717, 1.165) is 13.0 Å². The quantitative estimate of drug-likeness (QED) is 0.737. The first-order valence-electron chi connectivity index (χ1n) is 5.70. The zero-order valence-electron chi connectivity index (χ0n) is 9.19. The predicted octanol–water partition coefficient (Wildman–Crippen LogP) is 1.08. The van der Waals surface area contributed by atoms with E-state index in [-0.39, 0.29) is 12.6 Å². The van der Waals surface area contributed by atoms with E-state index in [4.69, 9.17) is 5.11 Å². The van der Waals surface area contributed by atoms with Crippen LogP contribution in [0, 0.1) is 0 Å². The first-order valence-corrected chi connectivity index (χ1v) is 5.70. The fourth-order valence-corrected chi connectivity index (χ4v) is 1.74. The molecule has 2 rings (SSSR count). The van der Waals surface area contributed by atoms with Crippen molar-refractivity contribution in [3.05, 3.63) is 18.2 Å². The molecule has 0 aromatic carbocycles. The van der Waals surface area contributed by atoms with Crippen molar-refractivity contribution in [2.45, 2.75) is 44.8 Å². The number of aromatic nitrogens is 2. The Morgan fingerprint density at radius 3 is 3.07 bits per heavy atom. The molecule has 0 aliphatic heterocycles. The zero-order valence-corrected chi connectivity index (χ0v) is 9.19. The van der Waals surface area contributed by atoms with Gasteiger partial charge in [0.2, 0.25) is 0 Å². The SMILES string of the molecule is CCC(CO)NCc1cncn1C1CC1. The molecule has 1 aromatic rings. The maximum atomic E-state index is 9.06. The third kappa shape index (κ3) is 2.58. The van der Waals surface area contributed by atoms with Crippen molar-refractivity contribution in [1.29, 1.82) is 0 Å². The molecule has 1 atom stereocenters. The van der Waals surface area contributed by atoms with Gasteiger partial charge in [0.1, 0.15) is 0 Å². The molecule has 1 saturated carbocycles. The third-order valence-electron chi connectivity index (χ3n) is 2.97. The summed E-state index contributed by atoms with van der Waals surface area (Å²) in [6.45, 7) is 3.08. The van der Waals surface area contributed by atoms with Crippen molar-refractivity contribution in [2.75, 3.05) is 6.61 Å². The van der Waals surface area contributed by atoms with Crippen molar-refractivity contribution in [2.24, 2.45) is 0 Å². The van der Waals surface area contributed by atoms with E-state index in [0.29, 0.717) is 6.04 Å². The van der Waals surface area contributed by atoms with Crippen LogP contribution in [0.5, 0.6) is 0 Å². The standard InChI is InChI=1S/C11H19N3O/c1-2-9(7-15)13-6-11-5-12-8-14(11)10-3-4-10/h5,8-10,13,15H,2-4,6-7H2,1H3. The molecule has 84 valence electrons. The molecule has 4 nitrogen and oxygen atoms in total. The van der Waals surface area contributed by atoms with Crippen molar-refractivity contribution in [3.8, 4) is 0 Å². The van der Waals surface area contributed by atoms with Gasteiger partial charge in [0.15, 0.2) is 0 Å². The summed E-state index contributed by atoms with van der Waals surface area (Å²) in [6, 6.07) is 0.881. The van der Waals surface area contributed by atoms with E-state index in [1.165, 1.54) is 18.5 Å². The third-order valence-corrected chi connectivity index (χ3v) is 2.97. The second kappa shape index (κ2) is 4.77. The second-order valence-electron chi connectivity index (χ2n) is 4.19. The molecule has 1 aliphatic rings. The maximum Gasteiger partial charge on any atom is 0.0951 e. The summed E-state index contributed by atoms with van der Waals surface area (Å²) in [7, 11) is 0. The van der Waals surface area contributed by atoms with Crippen LogP contribution in [-0.4, -0.2) is 27.3 Å². The van der Waals surface area contributed by atoms with Crippen LogP contribution in [0.15, 0.2) is 12.5 Å². The molecule has 0 bridgehead atoms. The summed E-state index contributed by atoms with van der Waals surface area (Å²) in [5, 5.41) is 12.4. The summed E-state index contributed by atoms with van der Waals surface area (Å²) in [6.07, 6.45) is 7.33. The lowest BCUT2D eigenvalue weighted by atomic mass is 10.2. The number of hydrogen-bond acceptors (Lipinski definition) is 3. The van der Waals surface area contributed by atoms with Crippen LogP contribution in [0.25, 0.3) is 0 Å². The van der Waals surface area contributed by atoms with Gasteiger partial charge in [-0.3, -0.25) is 0 Å². The van der Waals surface area contributed by atoms with E-state index in [1.54, 1.807) is 0 Å². The Bertz CT molecular complexity index is 303. The van der Waals surface area contributed by atoms with E-state index >= 15 is 0 Å². The van der Waals surface area contributed by atoms with Crippen molar-refractivity contribution in [3.63, 3.8) is 0 Å². The largest absolute Gasteiger partial charge is 0.395 e. The Hall–Kier alpha value is -0.870. The number of hydrogen-bond donors (Lipinski definition) is 2. The van der Waals surface area contributed by atoms with Gasteiger partial charge in [0.25, 0.3) is 0 Å². The highest BCUT2D eigenvalue weighted by atomic mass is 16.3. The molecule has 1 unspecified atom stereocenters. The second-order valence-corrected chi connectivity index (χ2v) is 4.19. The highest BCUT2D eigenvalue weighted by molar-refractivity contribution is 5.03. The monoisotopic (exact) mass is 209 g/mol. The first kappa shape index (κ1) is 10.6. The van der Waals surface area contributed by atoms with Crippen LogP contribution in [0.2, 0.25) is 0 Å². The Morgan fingerprint density at radius 2 is 2.47 bits per heavy atom. The van der Waals surface area contributed by atoms with Crippen LogP contribution in [0.3, 0.4) is 0 Å². The zero-order chi connectivity index (χ0) is 10.7. The van der Waals surface area contributed by atoms with Gasteiger partial charge in [-0.15, -0.1) is 0 Å². The van der Waals surface area contributed by atoms with Crippen LogP contribution in [0.4, 0.5) is 0 Å². The van der Waals surface area contributed by atoms with E-state index < -0.39 is 0 Å². The van der Waals surface area contributed by atoms with Crippen molar-refractivity contribution in [1.82, 2.24) is 14.9 Å². The average Bonchev–Trinajstić information content (AvgIpc) is 3.00. The van der Waals surface area contributed by atoms with Gasteiger partial charge in [-0.05, 0) is 19.3 Å². The highest BCUT2D eigenvalue weighted by Gasteiger charge is 2.25. The number of nitrogens with one attached hydrogen (secondary N) is 1. The van der Waals surface area contributed by atoms with Crippen molar-refractivity contribution < 1.29 is 5.11 Å². The lowest BCUT2D eigenvalue weighted by Gasteiger charge is -2.14. The van der Waals surface area contributed by atoms with Crippen LogP contribution in [-0.2, 0) is 6.54 Å². The Morgan fingerprint density at radius 1 is 1.67 bits per heavy atom. The first-order chi connectivity index (χ1) is 7.35. The normalized spacial score (nSPS) is 18.0. The summed E-state index contributed by atoms with van der Waals surface area (Å²) in [5.41, 5.74) is 1.23. The number of aliphatic hydroxyl groups excluding tert-OH is 1. The van der Waals surface area contributed by atoms with E-state index in [1.807, 2.05) is 12.5 Å². The summed E-state index contributed by atoms with van der Waals surface area (Å²) >= 11 is 0. The van der Waals surface area contributed by atoms with E-state index in [2.05, 4.69) is 21.8 Å². The summed E-state index contributed by atoms with van der Waals surface area (Å²) < 4.78 is 2.25. The number of rotatable bonds is 6. The topological polar surface area (TPSA) is 50.1 Å². The highest BCUT2D eigenvalue weighted by Crippen LogP contribution is 2.35. The summed E-state index contributed by atoms with van der Waals surface area (Å²) in [5.74, 6) is 0. The van der Waals surface area contributed by atoms with Gasteiger partial charge in [-0.25, -0.2) is 4.98 Å². The number of aliphatic hydroxyl groups is 1. The number of nitrogens with zero attached hydrogens (tertiary/aromatic N) is 2. The molecule has 0 radical (unpaired) electrons. The average molecular weight is 209 g/mol. The molecule has 0 spiro atoms. The molecule has 15 heavy (non-hydrogen) atoms. The van der Waals surface area contributed by atoms with Crippen molar-refractivity contribution >= 4 is 0 Å². The molecule has 1 heterocycles. The molecule has 0 amide bonds. The minimum Gasteiger partial charge on any atom is -0.395 e. The minimum absolute atomic E-state index is 0.201. The van der Waals surface area contributed by atoms with Gasteiger partial charge < -0.3 is 15.0 Å². The van der Waals surface area contributed by atoms with Gasteiger partial charge in [-0.1, -0.05) is 6.92 Å². The molecular formula is C11H19N3O. The lowest BCUT2D eigenvalue weighted by molar-refractivity contribution is 0.237. The van der Waals surface area contributed by atoms with Crippen LogP contribution in [0.1, 0.15) is 37.9 Å². The van der Waals surface area contributed by atoms with Gasteiger partial charge in [-0.2, -0.15) is 0 Å². The molecular weight excluding hydrogens is 190 g/mol. The molecule has 1 aliphatic carbocycles. The lowest BCUT2D eigenvalue weighted by Crippen LogP contribution is -2.31. The molecule has 4 heteroatoms. The van der Waals surface area contributed by atoms with Gasteiger partial charge >= 0.3 is 0 Å².